The van der Waals surface area contributed by atoms with Crippen LogP contribution in [0.15, 0.2) is 18.2 Å². The fourth-order valence-corrected chi connectivity index (χ4v) is 4.57. The number of likely N-dealkylation sites (tertiary alicyclic amines) is 1. The Labute approximate surface area is 132 Å². The summed E-state index contributed by atoms with van der Waals surface area (Å²) in [6.07, 6.45) is 2.71. The first-order valence-corrected chi connectivity index (χ1v) is 7.99. The summed E-state index contributed by atoms with van der Waals surface area (Å²) < 4.78 is 10.8. The lowest BCUT2D eigenvalue weighted by Crippen LogP contribution is -2.51. The quantitative estimate of drug-likeness (QED) is 0.860. The Morgan fingerprint density at radius 1 is 1.18 bits per heavy atom. The Kier molecular flexibility index (Phi) is 3.89. The summed E-state index contributed by atoms with van der Waals surface area (Å²) in [5.74, 6) is 2.02. The molecular formula is C18H25NO3. The summed E-state index contributed by atoms with van der Waals surface area (Å²) in [5.41, 5.74) is 1.33. The number of nitrogens with zero attached hydrogens (tertiary/aromatic N) is 1. The Bertz CT molecular complexity index is 586. The second-order valence-corrected chi connectivity index (χ2v) is 6.66. The van der Waals surface area contributed by atoms with Crippen LogP contribution in [0.5, 0.6) is 11.5 Å². The van der Waals surface area contributed by atoms with Gasteiger partial charge in [-0.1, -0.05) is 13.0 Å². The van der Waals surface area contributed by atoms with E-state index in [0.29, 0.717) is 12.2 Å². The Balaban J connectivity index is 2.07. The van der Waals surface area contributed by atoms with E-state index in [2.05, 4.69) is 31.0 Å². The highest BCUT2D eigenvalue weighted by Gasteiger charge is 2.53. The van der Waals surface area contributed by atoms with E-state index in [4.69, 9.17) is 9.47 Å². The molecule has 4 nitrogen and oxygen atoms in total. The maximum Gasteiger partial charge on any atom is 0.161 e. The average Bonchev–Trinajstić information content (AvgIpc) is 2.89. The number of Topliss-reactive ketones (excluding diaryl/α,β-unsaturated/α-hetero) is 1. The molecule has 1 aliphatic heterocycles. The summed E-state index contributed by atoms with van der Waals surface area (Å²) >= 11 is 0. The number of carbonyl (C=O) groups excluding carboxylic acids is 1. The fourth-order valence-electron chi connectivity index (χ4n) is 4.57. The second-order valence-electron chi connectivity index (χ2n) is 6.66. The van der Waals surface area contributed by atoms with Crippen LogP contribution < -0.4 is 9.47 Å². The Morgan fingerprint density at radius 2 is 1.91 bits per heavy atom. The lowest BCUT2D eigenvalue weighted by Gasteiger charge is -2.44. The van der Waals surface area contributed by atoms with Crippen molar-refractivity contribution in [3.05, 3.63) is 23.8 Å². The minimum Gasteiger partial charge on any atom is -0.493 e. The zero-order valence-electron chi connectivity index (χ0n) is 13.9. The van der Waals surface area contributed by atoms with Crippen molar-refractivity contribution in [3.8, 4) is 11.5 Å². The van der Waals surface area contributed by atoms with Crippen LogP contribution in [-0.2, 0) is 10.2 Å². The molecule has 1 saturated carbocycles. The second kappa shape index (κ2) is 5.58. The molecule has 1 unspecified atom stereocenters. The summed E-state index contributed by atoms with van der Waals surface area (Å²) in [4.78, 5) is 14.6. The number of methoxy groups -OCH3 is 2. The van der Waals surface area contributed by atoms with Gasteiger partial charge in [-0.15, -0.1) is 0 Å². The number of likely N-dealkylation sites (N-methyl/N-ethyl adjacent to an activating group) is 1. The van der Waals surface area contributed by atoms with E-state index < -0.39 is 0 Å². The molecule has 2 fully saturated rings. The molecule has 4 heteroatoms. The highest BCUT2D eigenvalue weighted by molar-refractivity contribution is 5.83. The third-order valence-electron chi connectivity index (χ3n) is 5.71. The summed E-state index contributed by atoms with van der Waals surface area (Å²) in [6, 6.07) is 6.52. The van der Waals surface area contributed by atoms with Crippen LogP contribution >= 0.6 is 0 Å². The fraction of sp³-hybridized carbons (Fsp3) is 0.611. The summed E-state index contributed by atoms with van der Waals surface area (Å²) in [7, 11) is 5.47. The molecule has 3 atom stereocenters. The minimum atomic E-state index is 0.0572. The highest BCUT2D eigenvalue weighted by atomic mass is 16.5. The van der Waals surface area contributed by atoms with Gasteiger partial charge in [-0.25, -0.2) is 0 Å². The minimum absolute atomic E-state index is 0.0572. The maximum atomic E-state index is 12.2. The van der Waals surface area contributed by atoms with Gasteiger partial charge in [0.1, 0.15) is 5.78 Å². The predicted molar refractivity (Wildman–Crippen MR) is 85.7 cm³/mol. The number of fused-ring (bicyclic) bond motifs is 1. The van der Waals surface area contributed by atoms with Crippen LogP contribution in [0.25, 0.3) is 0 Å². The molecule has 3 rings (SSSR count). The molecule has 0 radical (unpaired) electrons. The summed E-state index contributed by atoms with van der Waals surface area (Å²) in [6.45, 7) is 3.13. The third kappa shape index (κ3) is 2.12. The molecule has 2 aliphatic rings. The van der Waals surface area contributed by atoms with Crippen molar-refractivity contribution in [2.24, 2.45) is 5.92 Å². The molecule has 0 amide bonds. The summed E-state index contributed by atoms with van der Waals surface area (Å²) in [5, 5.41) is 0. The molecule has 0 spiro atoms. The molecular weight excluding hydrogens is 278 g/mol. The van der Waals surface area contributed by atoms with Gasteiger partial charge in [-0.2, -0.15) is 0 Å². The first-order chi connectivity index (χ1) is 10.5. The van der Waals surface area contributed by atoms with E-state index in [1.807, 2.05) is 6.07 Å². The van der Waals surface area contributed by atoms with Crippen molar-refractivity contribution in [1.29, 1.82) is 0 Å². The van der Waals surface area contributed by atoms with Crippen LogP contribution in [0, 0.1) is 5.92 Å². The van der Waals surface area contributed by atoms with Crippen LogP contribution in [0.2, 0.25) is 0 Å². The van der Waals surface area contributed by atoms with Gasteiger partial charge in [-0.3, -0.25) is 4.79 Å². The van der Waals surface area contributed by atoms with Crippen molar-refractivity contribution >= 4 is 5.78 Å². The molecule has 22 heavy (non-hydrogen) atoms. The molecule has 0 N–H and O–H groups in total. The molecule has 1 aromatic rings. The standard InChI is InChI=1S/C18H25NO3/c1-12-14(20)7-8-18(9-10-19(2)17(12)18)13-5-6-15(21-3)16(11-13)22-4/h5-6,11-12,17H,7-10H2,1-4H3/t12?,17-,18-/m0/s1. The topological polar surface area (TPSA) is 38.8 Å². The van der Waals surface area contributed by atoms with Gasteiger partial charge in [-0.05, 0) is 44.1 Å². The van der Waals surface area contributed by atoms with Crippen molar-refractivity contribution in [2.45, 2.75) is 37.6 Å². The van der Waals surface area contributed by atoms with Crippen molar-refractivity contribution in [3.63, 3.8) is 0 Å². The van der Waals surface area contributed by atoms with Crippen LogP contribution in [0.4, 0.5) is 0 Å². The Morgan fingerprint density at radius 3 is 2.59 bits per heavy atom. The number of hydrogen-bond donors (Lipinski definition) is 0. The highest BCUT2D eigenvalue weighted by Crippen LogP contribution is 2.50. The van der Waals surface area contributed by atoms with E-state index in [0.717, 1.165) is 30.9 Å². The number of rotatable bonds is 3. The van der Waals surface area contributed by atoms with Gasteiger partial charge in [0.25, 0.3) is 0 Å². The molecule has 0 bridgehead atoms. The zero-order chi connectivity index (χ0) is 15.9. The lowest BCUT2D eigenvalue weighted by molar-refractivity contribution is -0.127. The predicted octanol–water partition coefficient (Wildman–Crippen LogP) is 2.64. The van der Waals surface area contributed by atoms with E-state index in [9.17, 15) is 4.79 Å². The van der Waals surface area contributed by atoms with E-state index in [-0.39, 0.29) is 17.4 Å². The molecule has 1 saturated heterocycles. The van der Waals surface area contributed by atoms with E-state index >= 15 is 0 Å². The van der Waals surface area contributed by atoms with Crippen molar-refractivity contribution < 1.29 is 14.3 Å². The number of hydrogen-bond acceptors (Lipinski definition) is 4. The van der Waals surface area contributed by atoms with Crippen LogP contribution in [-0.4, -0.2) is 44.5 Å². The monoisotopic (exact) mass is 303 g/mol. The third-order valence-corrected chi connectivity index (χ3v) is 5.71. The van der Waals surface area contributed by atoms with Crippen LogP contribution in [0.3, 0.4) is 0 Å². The Hall–Kier alpha value is -1.55. The number of ketones is 1. The van der Waals surface area contributed by atoms with E-state index in [1.54, 1.807) is 14.2 Å². The first kappa shape index (κ1) is 15.3. The lowest BCUT2D eigenvalue weighted by atomic mass is 9.62. The van der Waals surface area contributed by atoms with Gasteiger partial charge in [0.15, 0.2) is 11.5 Å². The molecule has 120 valence electrons. The number of benzene rings is 1. The molecule has 1 aliphatic carbocycles. The van der Waals surface area contributed by atoms with Gasteiger partial charge in [0.05, 0.1) is 14.2 Å². The zero-order valence-corrected chi connectivity index (χ0v) is 13.9. The SMILES string of the molecule is COc1ccc([C@@]23CCC(=O)C(C)[C@@H]2N(C)CC3)cc1OC. The average molecular weight is 303 g/mol. The maximum absolute atomic E-state index is 12.2. The smallest absolute Gasteiger partial charge is 0.161 e. The molecule has 1 aromatic carbocycles. The first-order valence-electron chi connectivity index (χ1n) is 7.99. The normalized spacial score (nSPS) is 31.9. The van der Waals surface area contributed by atoms with Gasteiger partial charge < -0.3 is 14.4 Å². The largest absolute Gasteiger partial charge is 0.493 e. The number of carbonyl (C=O) groups is 1. The van der Waals surface area contributed by atoms with E-state index in [1.165, 1.54) is 5.56 Å². The van der Waals surface area contributed by atoms with Crippen LogP contribution in [0.1, 0.15) is 31.7 Å². The van der Waals surface area contributed by atoms with Crippen molar-refractivity contribution in [2.75, 3.05) is 27.8 Å². The van der Waals surface area contributed by atoms with Crippen molar-refractivity contribution in [1.82, 2.24) is 4.90 Å². The van der Waals surface area contributed by atoms with Gasteiger partial charge in [0, 0.05) is 23.8 Å². The van der Waals surface area contributed by atoms with Gasteiger partial charge in [0.2, 0.25) is 0 Å². The van der Waals surface area contributed by atoms with Gasteiger partial charge >= 0.3 is 0 Å². The molecule has 1 heterocycles. The number of ether oxygens (including phenoxy) is 2. The molecule has 0 aromatic heterocycles.